The summed E-state index contributed by atoms with van der Waals surface area (Å²) in [5.41, 5.74) is 0.911. The van der Waals surface area contributed by atoms with Gasteiger partial charge < -0.3 is 9.80 Å². The van der Waals surface area contributed by atoms with Gasteiger partial charge in [-0.1, -0.05) is 35.2 Å². The second-order valence-electron chi connectivity index (χ2n) is 5.94. The number of carbonyl (C=O) groups is 2. The van der Waals surface area contributed by atoms with Crippen molar-refractivity contribution in [3.8, 4) is 11.8 Å². The van der Waals surface area contributed by atoms with E-state index in [1.54, 1.807) is 28.0 Å². The number of hydrogen-bond donors (Lipinski definition) is 0. The van der Waals surface area contributed by atoms with Crippen LogP contribution in [0.3, 0.4) is 0 Å². The second kappa shape index (κ2) is 8.43. The van der Waals surface area contributed by atoms with Gasteiger partial charge in [-0.2, -0.15) is 0 Å². The third kappa shape index (κ3) is 4.60. The largest absolute Gasteiger partial charge is 0.335 e. The van der Waals surface area contributed by atoms with Crippen molar-refractivity contribution >= 4 is 35.0 Å². The fraction of sp³-hybridized carbons (Fsp3) is 0.200. The summed E-state index contributed by atoms with van der Waals surface area (Å²) in [6.45, 7) is 1.54. The van der Waals surface area contributed by atoms with E-state index in [2.05, 4.69) is 11.8 Å². The van der Waals surface area contributed by atoms with Gasteiger partial charge in [0.15, 0.2) is 0 Å². The topological polar surface area (TPSA) is 40.6 Å². The van der Waals surface area contributed by atoms with Crippen molar-refractivity contribution in [3.05, 3.63) is 69.5 Å². The van der Waals surface area contributed by atoms with Crippen LogP contribution in [0.4, 0.5) is 4.39 Å². The molecule has 0 spiro atoms. The summed E-state index contributed by atoms with van der Waals surface area (Å²) >= 11 is 12.0. The lowest BCUT2D eigenvalue weighted by Crippen LogP contribution is -2.50. The van der Waals surface area contributed by atoms with Gasteiger partial charge in [0.25, 0.3) is 11.8 Å². The van der Waals surface area contributed by atoms with Crippen LogP contribution in [-0.2, 0) is 4.79 Å². The Morgan fingerprint density at radius 2 is 1.56 bits per heavy atom. The molecule has 0 saturated carbocycles. The molecule has 1 fully saturated rings. The van der Waals surface area contributed by atoms with E-state index in [0.29, 0.717) is 47.4 Å². The zero-order valence-corrected chi connectivity index (χ0v) is 15.7. The number of halogens is 3. The molecule has 0 aliphatic carbocycles. The molecular formula is C20H15Cl2FN2O2. The van der Waals surface area contributed by atoms with Gasteiger partial charge in [-0.05, 0) is 36.4 Å². The van der Waals surface area contributed by atoms with E-state index >= 15 is 0 Å². The molecule has 2 amide bonds. The van der Waals surface area contributed by atoms with Crippen molar-refractivity contribution < 1.29 is 14.0 Å². The zero-order valence-electron chi connectivity index (χ0n) is 14.2. The lowest BCUT2D eigenvalue weighted by molar-refractivity contribution is -0.126. The Labute approximate surface area is 166 Å². The molecule has 2 aromatic rings. The highest BCUT2D eigenvalue weighted by molar-refractivity contribution is 6.42. The van der Waals surface area contributed by atoms with Crippen molar-refractivity contribution in [2.24, 2.45) is 0 Å². The first-order chi connectivity index (χ1) is 13.0. The maximum absolute atomic E-state index is 13.0. The Bertz CT molecular complexity index is 927. The molecule has 0 aromatic heterocycles. The zero-order chi connectivity index (χ0) is 19.4. The highest BCUT2D eigenvalue weighted by Gasteiger charge is 2.24. The Kier molecular flexibility index (Phi) is 6.00. The van der Waals surface area contributed by atoms with Crippen LogP contribution in [0.15, 0.2) is 42.5 Å². The minimum atomic E-state index is -0.389. The average molecular weight is 405 g/mol. The summed E-state index contributed by atoms with van der Waals surface area (Å²) in [5, 5.41) is 0.693. The molecule has 0 bridgehead atoms. The van der Waals surface area contributed by atoms with Crippen LogP contribution >= 0.6 is 23.2 Å². The van der Waals surface area contributed by atoms with Gasteiger partial charge in [-0.25, -0.2) is 4.39 Å². The third-order valence-electron chi connectivity index (χ3n) is 4.20. The van der Waals surface area contributed by atoms with Crippen LogP contribution in [0.25, 0.3) is 0 Å². The fourth-order valence-corrected chi connectivity index (χ4v) is 3.04. The quantitative estimate of drug-likeness (QED) is 0.682. The van der Waals surface area contributed by atoms with E-state index in [-0.39, 0.29) is 17.6 Å². The van der Waals surface area contributed by atoms with E-state index in [1.807, 2.05) is 0 Å². The Hall–Kier alpha value is -2.55. The monoisotopic (exact) mass is 404 g/mol. The molecule has 2 aromatic carbocycles. The standard InChI is InChI=1S/C20H15Cl2FN2O2/c21-17-3-1-2-14(19(17)22)6-9-18(26)24-10-12-25(13-11-24)20(27)15-4-7-16(23)8-5-15/h1-5,7-8H,10-13H2. The van der Waals surface area contributed by atoms with Crippen LogP contribution in [0.1, 0.15) is 15.9 Å². The highest BCUT2D eigenvalue weighted by atomic mass is 35.5. The number of carbonyl (C=O) groups excluding carboxylic acids is 2. The Morgan fingerprint density at radius 3 is 2.22 bits per heavy atom. The first kappa shape index (κ1) is 19.2. The van der Waals surface area contributed by atoms with Crippen molar-refractivity contribution in [3.63, 3.8) is 0 Å². The molecular weight excluding hydrogens is 390 g/mol. The Balaban J connectivity index is 1.60. The minimum absolute atomic E-state index is 0.182. The minimum Gasteiger partial charge on any atom is -0.335 e. The Morgan fingerprint density at radius 1 is 0.926 bits per heavy atom. The molecule has 1 aliphatic rings. The summed E-state index contributed by atoms with van der Waals surface area (Å²) in [5.74, 6) is 4.41. The number of piperazine rings is 1. The molecule has 0 radical (unpaired) electrons. The maximum atomic E-state index is 13.0. The second-order valence-corrected chi connectivity index (χ2v) is 6.73. The van der Waals surface area contributed by atoms with E-state index in [4.69, 9.17) is 23.2 Å². The molecule has 1 heterocycles. The van der Waals surface area contributed by atoms with E-state index < -0.39 is 0 Å². The third-order valence-corrected chi connectivity index (χ3v) is 5.02. The number of benzene rings is 2. The SMILES string of the molecule is O=C(C#Cc1cccc(Cl)c1Cl)N1CCN(C(=O)c2ccc(F)cc2)CC1. The van der Waals surface area contributed by atoms with Gasteiger partial charge in [0, 0.05) is 43.2 Å². The average Bonchev–Trinajstić information content (AvgIpc) is 2.69. The molecule has 0 atom stereocenters. The summed E-state index contributed by atoms with van der Waals surface area (Å²) in [6, 6.07) is 10.5. The molecule has 0 unspecified atom stereocenters. The summed E-state index contributed by atoms with van der Waals surface area (Å²) < 4.78 is 13.0. The number of hydrogen-bond acceptors (Lipinski definition) is 2. The van der Waals surface area contributed by atoms with E-state index in [0.717, 1.165) is 0 Å². The molecule has 138 valence electrons. The van der Waals surface area contributed by atoms with Crippen molar-refractivity contribution in [1.82, 2.24) is 9.80 Å². The maximum Gasteiger partial charge on any atom is 0.298 e. The lowest BCUT2D eigenvalue weighted by Gasteiger charge is -2.33. The fourth-order valence-electron chi connectivity index (χ4n) is 2.69. The van der Waals surface area contributed by atoms with Gasteiger partial charge in [0.1, 0.15) is 5.82 Å². The first-order valence-electron chi connectivity index (χ1n) is 8.25. The van der Waals surface area contributed by atoms with Crippen molar-refractivity contribution in [1.29, 1.82) is 0 Å². The van der Waals surface area contributed by atoms with E-state index in [1.165, 1.54) is 24.3 Å². The predicted octanol–water partition coefficient (Wildman–Crippen LogP) is 3.47. The number of rotatable bonds is 1. The molecule has 27 heavy (non-hydrogen) atoms. The molecule has 1 saturated heterocycles. The van der Waals surface area contributed by atoms with Gasteiger partial charge in [0.2, 0.25) is 0 Å². The van der Waals surface area contributed by atoms with Gasteiger partial charge in [-0.3, -0.25) is 9.59 Å². The van der Waals surface area contributed by atoms with E-state index in [9.17, 15) is 14.0 Å². The first-order valence-corrected chi connectivity index (χ1v) is 9.01. The van der Waals surface area contributed by atoms with Crippen LogP contribution in [0, 0.1) is 17.7 Å². The summed E-state index contributed by atoms with van der Waals surface area (Å²) in [7, 11) is 0. The number of amides is 2. The highest BCUT2D eigenvalue weighted by Crippen LogP contribution is 2.24. The molecule has 3 rings (SSSR count). The summed E-state index contributed by atoms with van der Waals surface area (Å²) in [6.07, 6.45) is 0. The normalized spacial score (nSPS) is 13.7. The van der Waals surface area contributed by atoms with Crippen LogP contribution in [0.5, 0.6) is 0 Å². The van der Waals surface area contributed by atoms with Crippen molar-refractivity contribution in [2.45, 2.75) is 0 Å². The molecule has 7 heteroatoms. The van der Waals surface area contributed by atoms with Crippen LogP contribution < -0.4 is 0 Å². The predicted molar refractivity (Wildman–Crippen MR) is 102 cm³/mol. The van der Waals surface area contributed by atoms with Gasteiger partial charge >= 0.3 is 0 Å². The van der Waals surface area contributed by atoms with Crippen LogP contribution in [0.2, 0.25) is 10.0 Å². The number of nitrogens with zero attached hydrogens (tertiary/aromatic N) is 2. The van der Waals surface area contributed by atoms with Gasteiger partial charge in [-0.15, -0.1) is 0 Å². The van der Waals surface area contributed by atoms with Crippen LogP contribution in [-0.4, -0.2) is 47.8 Å². The molecule has 4 nitrogen and oxygen atoms in total. The van der Waals surface area contributed by atoms with Gasteiger partial charge in [0.05, 0.1) is 10.0 Å². The molecule has 0 N–H and O–H groups in total. The smallest absolute Gasteiger partial charge is 0.298 e. The summed E-state index contributed by atoms with van der Waals surface area (Å²) in [4.78, 5) is 27.9. The molecule has 1 aliphatic heterocycles. The lowest BCUT2D eigenvalue weighted by atomic mass is 10.1. The van der Waals surface area contributed by atoms with Crippen molar-refractivity contribution in [2.75, 3.05) is 26.2 Å².